The van der Waals surface area contributed by atoms with Gasteiger partial charge < -0.3 is 9.63 Å². The maximum absolute atomic E-state index is 14.9. The van der Waals surface area contributed by atoms with Gasteiger partial charge in [0, 0.05) is 11.6 Å². The van der Waals surface area contributed by atoms with E-state index in [1.807, 2.05) is 6.07 Å². The highest BCUT2D eigenvalue weighted by molar-refractivity contribution is 5.87. The van der Waals surface area contributed by atoms with Gasteiger partial charge in [-0.3, -0.25) is 0 Å². The minimum atomic E-state index is -1.16. The SMILES string of the molecule is C/C(=C/c1cc(C(=O)O)no1)c1cc2c(cc1F)C(C)(C)CCC2(C)C. The summed E-state index contributed by atoms with van der Waals surface area (Å²) in [5, 5.41) is 12.4. The highest BCUT2D eigenvalue weighted by Crippen LogP contribution is 2.47. The Kier molecular flexibility index (Phi) is 4.29. The zero-order chi connectivity index (χ0) is 19.3. The number of carboxylic acid groups (broad SMARTS) is 1. The van der Waals surface area contributed by atoms with E-state index in [9.17, 15) is 9.18 Å². The van der Waals surface area contributed by atoms with Crippen LogP contribution in [0, 0.1) is 5.82 Å². The molecule has 0 saturated carbocycles. The van der Waals surface area contributed by atoms with Gasteiger partial charge in [0.25, 0.3) is 0 Å². The molecule has 0 radical (unpaired) electrons. The lowest BCUT2D eigenvalue weighted by molar-refractivity contribution is 0.0685. The lowest BCUT2D eigenvalue weighted by Crippen LogP contribution is -2.34. The molecule has 0 saturated heterocycles. The molecule has 4 nitrogen and oxygen atoms in total. The second-order valence-electron chi connectivity index (χ2n) is 8.39. The number of hydrogen-bond donors (Lipinski definition) is 1. The summed E-state index contributed by atoms with van der Waals surface area (Å²) in [5.74, 6) is -1.15. The second-order valence-corrected chi connectivity index (χ2v) is 8.39. The van der Waals surface area contributed by atoms with Crippen molar-refractivity contribution in [1.82, 2.24) is 5.16 Å². The number of benzene rings is 1. The van der Waals surface area contributed by atoms with Gasteiger partial charge in [0.2, 0.25) is 0 Å². The molecule has 26 heavy (non-hydrogen) atoms. The first-order valence-electron chi connectivity index (χ1n) is 8.74. The monoisotopic (exact) mass is 357 g/mol. The summed E-state index contributed by atoms with van der Waals surface area (Å²) in [6.07, 6.45) is 3.69. The second kappa shape index (κ2) is 6.08. The Morgan fingerprint density at radius 2 is 1.73 bits per heavy atom. The van der Waals surface area contributed by atoms with Crippen LogP contribution in [0.5, 0.6) is 0 Å². The van der Waals surface area contributed by atoms with E-state index in [-0.39, 0.29) is 28.1 Å². The number of allylic oxidation sites excluding steroid dienone is 1. The van der Waals surface area contributed by atoms with Gasteiger partial charge in [0.15, 0.2) is 11.5 Å². The van der Waals surface area contributed by atoms with Crippen LogP contribution in [0.1, 0.15) is 80.4 Å². The largest absolute Gasteiger partial charge is 0.476 e. The number of halogens is 1. The van der Waals surface area contributed by atoms with Crippen molar-refractivity contribution in [2.45, 2.75) is 58.3 Å². The van der Waals surface area contributed by atoms with Gasteiger partial charge in [-0.1, -0.05) is 32.9 Å². The molecule has 1 aliphatic rings. The molecule has 1 N–H and O–H groups in total. The first-order chi connectivity index (χ1) is 12.0. The quantitative estimate of drug-likeness (QED) is 0.796. The Hall–Kier alpha value is -2.43. The van der Waals surface area contributed by atoms with Gasteiger partial charge in [0.1, 0.15) is 5.82 Å². The van der Waals surface area contributed by atoms with Crippen LogP contribution in [-0.4, -0.2) is 16.2 Å². The topological polar surface area (TPSA) is 63.3 Å². The van der Waals surface area contributed by atoms with Crippen molar-refractivity contribution in [3.05, 3.63) is 52.2 Å². The first-order valence-corrected chi connectivity index (χ1v) is 8.74. The van der Waals surface area contributed by atoms with Crippen LogP contribution < -0.4 is 0 Å². The third-order valence-corrected chi connectivity index (χ3v) is 5.47. The smallest absolute Gasteiger partial charge is 0.358 e. The molecule has 2 aromatic rings. The van der Waals surface area contributed by atoms with E-state index in [1.165, 1.54) is 11.6 Å². The Balaban J connectivity index is 2.08. The summed E-state index contributed by atoms with van der Waals surface area (Å²) in [6, 6.07) is 4.92. The summed E-state index contributed by atoms with van der Waals surface area (Å²) in [5.41, 5.74) is 3.16. The number of rotatable bonds is 3. The summed E-state index contributed by atoms with van der Waals surface area (Å²) in [4.78, 5) is 10.9. The van der Waals surface area contributed by atoms with Gasteiger partial charge in [-0.2, -0.15) is 0 Å². The molecule has 0 unspecified atom stereocenters. The number of carbonyl (C=O) groups is 1. The molecule has 5 heteroatoms. The number of aromatic carboxylic acids is 1. The molecule has 138 valence electrons. The average Bonchev–Trinajstić information content (AvgIpc) is 3.00. The lowest BCUT2D eigenvalue weighted by Gasteiger charge is -2.42. The summed E-state index contributed by atoms with van der Waals surface area (Å²) in [7, 11) is 0. The fourth-order valence-corrected chi connectivity index (χ4v) is 3.64. The normalized spacial score (nSPS) is 18.5. The van der Waals surface area contributed by atoms with Crippen LogP contribution in [0.4, 0.5) is 4.39 Å². The molecule has 0 fully saturated rings. The third kappa shape index (κ3) is 3.18. The third-order valence-electron chi connectivity index (χ3n) is 5.47. The van der Waals surface area contributed by atoms with E-state index in [0.717, 1.165) is 18.4 Å². The molecule has 0 atom stereocenters. The molecular formula is C21H24FNO3. The number of carboxylic acids is 1. The van der Waals surface area contributed by atoms with E-state index in [1.54, 1.807) is 19.1 Å². The van der Waals surface area contributed by atoms with Gasteiger partial charge in [-0.15, -0.1) is 0 Å². The minimum Gasteiger partial charge on any atom is -0.476 e. The lowest BCUT2D eigenvalue weighted by atomic mass is 9.63. The van der Waals surface area contributed by atoms with Crippen molar-refractivity contribution < 1.29 is 18.8 Å². The average molecular weight is 357 g/mol. The highest BCUT2D eigenvalue weighted by atomic mass is 19.1. The fourth-order valence-electron chi connectivity index (χ4n) is 3.64. The fraction of sp³-hybridized carbons (Fsp3) is 0.429. The van der Waals surface area contributed by atoms with Gasteiger partial charge in [-0.25, -0.2) is 9.18 Å². The number of fused-ring (bicyclic) bond motifs is 1. The molecule has 1 heterocycles. The summed E-state index contributed by atoms with van der Waals surface area (Å²) >= 11 is 0. The van der Waals surface area contributed by atoms with Crippen molar-refractivity contribution in [3.8, 4) is 0 Å². The Labute approximate surface area is 152 Å². The predicted octanol–water partition coefficient (Wildman–Crippen LogP) is 5.42. The number of hydrogen-bond acceptors (Lipinski definition) is 3. The van der Waals surface area contributed by atoms with Gasteiger partial charge in [0.05, 0.1) is 0 Å². The predicted molar refractivity (Wildman–Crippen MR) is 98.7 cm³/mol. The van der Waals surface area contributed by atoms with Crippen molar-refractivity contribution in [2.24, 2.45) is 0 Å². The molecule has 0 bridgehead atoms. The van der Waals surface area contributed by atoms with Crippen molar-refractivity contribution in [1.29, 1.82) is 0 Å². The first kappa shape index (κ1) is 18.4. The number of nitrogens with zero attached hydrogens (tertiary/aromatic N) is 1. The van der Waals surface area contributed by atoms with E-state index >= 15 is 0 Å². The Morgan fingerprint density at radius 3 is 2.27 bits per heavy atom. The van der Waals surface area contributed by atoms with Crippen molar-refractivity contribution >= 4 is 17.6 Å². The van der Waals surface area contributed by atoms with Crippen LogP contribution >= 0.6 is 0 Å². The molecule has 0 aliphatic heterocycles. The van der Waals surface area contributed by atoms with E-state index in [0.29, 0.717) is 11.1 Å². The molecule has 1 aliphatic carbocycles. The standard InChI is InChI=1S/C21H24FNO3/c1-12(8-13-9-18(19(24)25)23-26-13)14-10-15-16(11-17(14)22)21(4,5)7-6-20(15,2)3/h8-11H,6-7H2,1-5H3,(H,24,25)/b12-8-. The molecule has 0 spiro atoms. The van der Waals surface area contributed by atoms with Crippen molar-refractivity contribution in [3.63, 3.8) is 0 Å². The zero-order valence-electron chi connectivity index (χ0n) is 15.8. The van der Waals surface area contributed by atoms with Crippen LogP contribution in [0.2, 0.25) is 0 Å². The van der Waals surface area contributed by atoms with E-state index in [4.69, 9.17) is 9.63 Å². The zero-order valence-corrected chi connectivity index (χ0v) is 15.8. The summed E-state index contributed by atoms with van der Waals surface area (Å²) in [6.45, 7) is 10.5. The van der Waals surface area contributed by atoms with Crippen LogP contribution in [0.15, 0.2) is 22.7 Å². The van der Waals surface area contributed by atoms with E-state index in [2.05, 4.69) is 32.9 Å². The maximum Gasteiger partial charge on any atom is 0.358 e. The van der Waals surface area contributed by atoms with E-state index < -0.39 is 5.97 Å². The highest BCUT2D eigenvalue weighted by Gasteiger charge is 2.37. The van der Waals surface area contributed by atoms with Crippen molar-refractivity contribution in [2.75, 3.05) is 0 Å². The van der Waals surface area contributed by atoms with Gasteiger partial charge in [-0.05, 0) is 65.5 Å². The molecule has 1 aromatic heterocycles. The minimum absolute atomic E-state index is 0.0176. The maximum atomic E-state index is 14.9. The summed E-state index contributed by atoms with van der Waals surface area (Å²) < 4.78 is 19.9. The molecular weight excluding hydrogens is 333 g/mol. The Morgan fingerprint density at radius 1 is 1.15 bits per heavy atom. The number of aromatic nitrogens is 1. The Bertz CT molecular complexity index is 906. The van der Waals surface area contributed by atoms with Crippen LogP contribution in [0.25, 0.3) is 11.6 Å². The van der Waals surface area contributed by atoms with Crippen LogP contribution in [0.3, 0.4) is 0 Å². The molecule has 3 rings (SSSR count). The van der Waals surface area contributed by atoms with Crippen LogP contribution in [-0.2, 0) is 10.8 Å². The molecule has 1 aromatic carbocycles. The van der Waals surface area contributed by atoms with Gasteiger partial charge >= 0.3 is 5.97 Å². The molecule has 0 amide bonds.